The molecule has 1 aromatic carbocycles. The number of pyridine rings is 1. The lowest BCUT2D eigenvalue weighted by Crippen LogP contribution is -2.23. The van der Waals surface area contributed by atoms with E-state index < -0.39 is 0 Å². The van der Waals surface area contributed by atoms with Crippen LogP contribution in [0.15, 0.2) is 48.7 Å². The molecule has 0 atom stereocenters. The number of methoxy groups -OCH3 is 1. The van der Waals surface area contributed by atoms with Crippen LogP contribution in [0.1, 0.15) is 25.1 Å². The zero-order chi connectivity index (χ0) is 18.1. The van der Waals surface area contributed by atoms with Crippen LogP contribution < -0.4 is 14.8 Å². The van der Waals surface area contributed by atoms with Crippen molar-refractivity contribution in [3.8, 4) is 11.5 Å². The third-order valence-electron chi connectivity index (χ3n) is 3.38. The van der Waals surface area contributed by atoms with E-state index in [1.807, 2.05) is 50.2 Å². The van der Waals surface area contributed by atoms with E-state index in [1.165, 1.54) is 6.08 Å². The number of benzene rings is 1. The molecule has 0 radical (unpaired) electrons. The molecule has 0 spiro atoms. The van der Waals surface area contributed by atoms with Crippen molar-refractivity contribution in [3.05, 3.63) is 59.9 Å². The largest absolute Gasteiger partial charge is 0.493 e. The molecule has 2 rings (SSSR count). The van der Waals surface area contributed by atoms with Gasteiger partial charge >= 0.3 is 0 Å². The van der Waals surface area contributed by atoms with Crippen molar-refractivity contribution < 1.29 is 14.3 Å². The summed E-state index contributed by atoms with van der Waals surface area (Å²) in [6.45, 7) is 4.47. The van der Waals surface area contributed by atoms with Crippen molar-refractivity contribution in [3.63, 3.8) is 0 Å². The second kappa shape index (κ2) is 9.47. The van der Waals surface area contributed by atoms with Gasteiger partial charge in [0.25, 0.3) is 0 Å². The summed E-state index contributed by atoms with van der Waals surface area (Å²) < 4.78 is 11.0. The average Bonchev–Trinajstić information content (AvgIpc) is 2.61. The fourth-order valence-electron chi connectivity index (χ4n) is 2.23. The maximum atomic E-state index is 11.9. The lowest BCUT2D eigenvalue weighted by molar-refractivity contribution is -0.116. The van der Waals surface area contributed by atoms with Crippen molar-refractivity contribution in [2.45, 2.75) is 26.4 Å². The van der Waals surface area contributed by atoms with Gasteiger partial charge in [-0.1, -0.05) is 12.1 Å². The minimum Gasteiger partial charge on any atom is -0.493 e. The second-order valence-electron chi connectivity index (χ2n) is 5.77. The maximum absolute atomic E-state index is 11.9. The summed E-state index contributed by atoms with van der Waals surface area (Å²) >= 11 is 0. The normalized spacial score (nSPS) is 10.9. The van der Waals surface area contributed by atoms with Gasteiger partial charge in [0.1, 0.15) is 0 Å². The smallest absolute Gasteiger partial charge is 0.244 e. The molecule has 5 heteroatoms. The first-order valence-corrected chi connectivity index (χ1v) is 8.29. The molecule has 1 heterocycles. The third-order valence-corrected chi connectivity index (χ3v) is 3.38. The number of aromatic nitrogens is 1. The summed E-state index contributed by atoms with van der Waals surface area (Å²) in [7, 11) is 1.60. The van der Waals surface area contributed by atoms with E-state index >= 15 is 0 Å². The van der Waals surface area contributed by atoms with Gasteiger partial charge in [0.05, 0.1) is 13.2 Å². The van der Waals surface area contributed by atoms with Crippen molar-refractivity contribution in [1.29, 1.82) is 0 Å². The lowest BCUT2D eigenvalue weighted by atomic mass is 10.2. The minimum atomic E-state index is -0.141. The minimum absolute atomic E-state index is 0.0696. The maximum Gasteiger partial charge on any atom is 0.244 e. The third kappa shape index (κ3) is 6.30. The number of nitrogens with zero attached hydrogens (tertiary/aromatic N) is 1. The highest BCUT2D eigenvalue weighted by Crippen LogP contribution is 2.29. The molecule has 0 saturated heterocycles. The van der Waals surface area contributed by atoms with Crippen molar-refractivity contribution >= 4 is 12.0 Å². The Morgan fingerprint density at radius 1 is 1.24 bits per heavy atom. The van der Waals surface area contributed by atoms with Gasteiger partial charge in [-0.25, -0.2) is 0 Å². The summed E-state index contributed by atoms with van der Waals surface area (Å²) in [6.07, 6.45) is 5.78. The Kier molecular flexibility index (Phi) is 7.01. The zero-order valence-electron chi connectivity index (χ0n) is 14.9. The Bertz CT molecular complexity index is 712. The van der Waals surface area contributed by atoms with Crippen molar-refractivity contribution in [2.24, 2.45) is 0 Å². The average molecular weight is 340 g/mol. The SMILES string of the molecule is COc1cc(/C=C/C(=O)NCCc2ccccn2)ccc1OC(C)C. The molecular weight excluding hydrogens is 316 g/mol. The molecular formula is C20H24N2O3. The Balaban J connectivity index is 1.88. The van der Waals surface area contributed by atoms with Gasteiger partial charge in [0, 0.05) is 30.9 Å². The number of ether oxygens (including phenoxy) is 2. The first-order valence-electron chi connectivity index (χ1n) is 8.29. The van der Waals surface area contributed by atoms with Crippen LogP contribution in [-0.4, -0.2) is 30.6 Å². The van der Waals surface area contributed by atoms with Crippen LogP contribution in [0.4, 0.5) is 0 Å². The van der Waals surface area contributed by atoms with Crippen molar-refractivity contribution in [1.82, 2.24) is 10.3 Å². The highest BCUT2D eigenvalue weighted by atomic mass is 16.5. The van der Waals surface area contributed by atoms with Crippen LogP contribution in [-0.2, 0) is 11.2 Å². The Labute approximate surface area is 148 Å². The molecule has 0 fully saturated rings. The van der Waals surface area contributed by atoms with Gasteiger partial charge in [-0.15, -0.1) is 0 Å². The highest BCUT2D eigenvalue weighted by Gasteiger charge is 2.06. The number of hydrogen-bond acceptors (Lipinski definition) is 4. The molecule has 0 bridgehead atoms. The second-order valence-corrected chi connectivity index (χ2v) is 5.77. The predicted molar refractivity (Wildman–Crippen MR) is 98.7 cm³/mol. The van der Waals surface area contributed by atoms with E-state index in [0.29, 0.717) is 24.5 Å². The number of carbonyl (C=O) groups excluding carboxylic acids is 1. The van der Waals surface area contributed by atoms with Crippen LogP contribution in [0, 0.1) is 0 Å². The van der Waals surface area contributed by atoms with E-state index in [1.54, 1.807) is 19.4 Å². The summed E-state index contributed by atoms with van der Waals surface area (Å²) in [5.41, 5.74) is 1.82. The summed E-state index contributed by atoms with van der Waals surface area (Å²) in [5.74, 6) is 1.19. The number of nitrogens with one attached hydrogen (secondary N) is 1. The number of amides is 1. The van der Waals surface area contributed by atoms with Gasteiger partial charge in [-0.3, -0.25) is 9.78 Å². The molecule has 0 saturated carbocycles. The molecule has 5 nitrogen and oxygen atoms in total. The van der Waals surface area contributed by atoms with Gasteiger partial charge in [-0.2, -0.15) is 0 Å². The Hall–Kier alpha value is -2.82. The van der Waals surface area contributed by atoms with Gasteiger partial charge < -0.3 is 14.8 Å². The fraction of sp³-hybridized carbons (Fsp3) is 0.300. The summed E-state index contributed by atoms with van der Waals surface area (Å²) in [6, 6.07) is 11.3. The van der Waals surface area contributed by atoms with Gasteiger partial charge in [-0.05, 0) is 49.8 Å². The molecule has 0 aliphatic heterocycles. The van der Waals surface area contributed by atoms with Crippen LogP contribution in [0.2, 0.25) is 0 Å². The van der Waals surface area contributed by atoms with E-state index in [-0.39, 0.29) is 12.0 Å². The lowest BCUT2D eigenvalue weighted by Gasteiger charge is -2.13. The Morgan fingerprint density at radius 3 is 2.76 bits per heavy atom. The van der Waals surface area contributed by atoms with E-state index in [2.05, 4.69) is 10.3 Å². The van der Waals surface area contributed by atoms with Gasteiger partial charge in [0.15, 0.2) is 11.5 Å². The fourth-order valence-corrected chi connectivity index (χ4v) is 2.23. The molecule has 1 aromatic heterocycles. The van der Waals surface area contributed by atoms with Crippen LogP contribution in [0.3, 0.4) is 0 Å². The number of carbonyl (C=O) groups is 1. The predicted octanol–water partition coefficient (Wildman–Crippen LogP) is 3.25. The summed E-state index contributed by atoms with van der Waals surface area (Å²) in [5, 5.41) is 2.85. The van der Waals surface area contributed by atoms with E-state index in [0.717, 1.165) is 11.3 Å². The first-order chi connectivity index (χ1) is 12.1. The molecule has 25 heavy (non-hydrogen) atoms. The molecule has 132 valence electrons. The van der Waals surface area contributed by atoms with Crippen molar-refractivity contribution in [2.75, 3.05) is 13.7 Å². The van der Waals surface area contributed by atoms with Crippen LogP contribution >= 0.6 is 0 Å². The number of rotatable bonds is 8. The number of hydrogen-bond donors (Lipinski definition) is 1. The Morgan fingerprint density at radius 2 is 2.08 bits per heavy atom. The molecule has 1 amide bonds. The molecule has 0 aliphatic rings. The molecule has 2 aromatic rings. The zero-order valence-corrected chi connectivity index (χ0v) is 14.9. The van der Waals surface area contributed by atoms with E-state index in [4.69, 9.17) is 9.47 Å². The first kappa shape index (κ1) is 18.5. The molecule has 0 unspecified atom stereocenters. The molecule has 1 N–H and O–H groups in total. The van der Waals surface area contributed by atoms with Gasteiger partial charge in [0.2, 0.25) is 5.91 Å². The van der Waals surface area contributed by atoms with Crippen LogP contribution in [0.25, 0.3) is 6.08 Å². The standard InChI is InChI=1S/C20H24N2O3/c1-15(2)25-18-9-7-16(14-19(18)24-3)8-10-20(23)22-13-11-17-6-4-5-12-21-17/h4-10,12,14-15H,11,13H2,1-3H3,(H,22,23)/b10-8+. The summed E-state index contributed by atoms with van der Waals surface area (Å²) in [4.78, 5) is 16.1. The highest BCUT2D eigenvalue weighted by molar-refractivity contribution is 5.91. The quantitative estimate of drug-likeness (QED) is 0.750. The topological polar surface area (TPSA) is 60.5 Å². The monoisotopic (exact) mass is 340 g/mol. The molecule has 0 aliphatic carbocycles. The van der Waals surface area contributed by atoms with Crippen LogP contribution in [0.5, 0.6) is 11.5 Å². The van der Waals surface area contributed by atoms with E-state index in [9.17, 15) is 4.79 Å².